The standard InChI is InChI=1S/C31H36Cl2N6O4/c1-19(2)35-31-36-27-18-38(29(41)22-6-9-25(32)26(33)17-22)20(3)16-24(27)30(42)39(31)23-7-4-21(5-8-23)28(40)34-10-11-37-12-14-43-15-13-37/h4-9,17,19-20H,10-16,18H2,1-3H3,(H,34,40)(H,35,36)/t20-/m1/s1. The van der Waals surface area contributed by atoms with Crippen LogP contribution in [-0.2, 0) is 17.7 Å². The number of nitrogens with one attached hydrogen (secondary N) is 2. The lowest BCUT2D eigenvalue weighted by Crippen LogP contribution is -2.46. The molecule has 0 spiro atoms. The number of fused-ring (bicyclic) bond motifs is 1. The smallest absolute Gasteiger partial charge is 0.263 e. The van der Waals surface area contributed by atoms with E-state index in [1.807, 2.05) is 20.8 Å². The highest BCUT2D eigenvalue weighted by Crippen LogP contribution is 2.27. The molecule has 1 aromatic heterocycles. The van der Waals surface area contributed by atoms with Crippen LogP contribution in [0.4, 0.5) is 5.95 Å². The Morgan fingerprint density at radius 3 is 2.42 bits per heavy atom. The van der Waals surface area contributed by atoms with Gasteiger partial charge in [0.05, 0.1) is 41.2 Å². The van der Waals surface area contributed by atoms with Crippen molar-refractivity contribution in [2.45, 2.75) is 45.8 Å². The van der Waals surface area contributed by atoms with Crippen molar-refractivity contribution >= 4 is 41.0 Å². The van der Waals surface area contributed by atoms with E-state index in [0.29, 0.717) is 70.2 Å². The summed E-state index contributed by atoms with van der Waals surface area (Å²) in [7, 11) is 0. The first-order valence-electron chi connectivity index (χ1n) is 14.5. The molecule has 1 atom stereocenters. The van der Waals surface area contributed by atoms with Crippen molar-refractivity contribution in [2.75, 3.05) is 44.7 Å². The summed E-state index contributed by atoms with van der Waals surface area (Å²) in [6.45, 7) is 10.5. The highest BCUT2D eigenvalue weighted by molar-refractivity contribution is 6.42. The summed E-state index contributed by atoms with van der Waals surface area (Å²) < 4.78 is 6.91. The predicted octanol–water partition coefficient (Wildman–Crippen LogP) is 4.01. The predicted molar refractivity (Wildman–Crippen MR) is 168 cm³/mol. The zero-order valence-corrected chi connectivity index (χ0v) is 26.0. The molecule has 0 saturated carbocycles. The van der Waals surface area contributed by atoms with Gasteiger partial charge in [0, 0.05) is 55.0 Å². The molecule has 3 aromatic rings. The Morgan fingerprint density at radius 1 is 1.05 bits per heavy atom. The van der Waals surface area contributed by atoms with Crippen LogP contribution in [-0.4, -0.2) is 82.6 Å². The summed E-state index contributed by atoms with van der Waals surface area (Å²) in [5.74, 6) is -0.00497. The number of anilines is 1. The fourth-order valence-corrected chi connectivity index (χ4v) is 5.63. The van der Waals surface area contributed by atoms with Gasteiger partial charge >= 0.3 is 0 Å². The molecule has 12 heteroatoms. The fraction of sp³-hybridized carbons (Fsp3) is 0.419. The average molecular weight is 628 g/mol. The van der Waals surface area contributed by atoms with Crippen LogP contribution in [0, 0.1) is 0 Å². The summed E-state index contributed by atoms with van der Waals surface area (Å²) in [6.07, 6.45) is 0.347. The summed E-state index contributed by atoms with van der Waals surface area (Å²) in [5.41, 5.74) is 2.42. The van der Waals surface area contributed by atoms with Gasteiger partial charge in [-0.25, -0.2) is 9.55 Å². The minimum Gasteiger partial charge on any atom is -0.379 e. The molecule has 1 saturated heterocycles. The van der Waals surface area contributed by atoms with Crippen LogP contribution in [0.2, 0.25) is 10.0 Å². The second-order valence-electron chi connectivity index (χ2n) is 11.2. The first-order chi connectivity index (χ1) is 20.6. The number of rotatable bonds is 8. The van der Waals surface area contributed by atoms with Gasteiger partial charge in [0.15, 0.2) is 0 Å². The number of aromatic nitrogens is 2. The van der Waals surface area contributed by atoms with Crippen molar-refractivity contribution in [3.8, 4) is 5.69 Å². The molecule has 2 aromatic carbocycles. The van der Waals surface area contributed by atoms with E-state index < -0.39 is 0 Å². The van der Waals surface area contributed by atoms with E-state index >= 15 is 0 Å². The molecule has 1 fully saturated rings. The highest BCUT2D eigenvalue weighted by Gasteiger charge is 2.32. The molecule has 10 nitrogen and oxygen atoms in total. The average Bonchev–Trinajstić information content (AvgIpc) is 2.99. The van der Waals surface area contributed by atoms with Crippen LogP contribution in [0.5, 0.6) is 0 Å². The van der Waals surface area contributed by atoms with Gasteiger partial charge in [0.1, 0.15) is 0 Å². The van der Waals surface area contributed by atoms with Gasteiger partial charge in [0.2, 0.25) is 5.95 Å². The van der Waals surface area contributed by atoms with Crippen LogP contribution in [0.3, 0.4) is 0 Å². The number of carbonyl (C=O) groups excluding carboxylic acids is 2. The number of benzene rings is 2. The molecular formula is C31H36Cl2N6O4. The van der Waals surface area contributed by atoms with E-state index in [4.69, 9.17) is 32.9 Å². The Kier molecular flexibility index (Phi) is 9.71. The molecule has 0 bridgehead atoms. The lowest BCUT2D eigenvalue weighted by atomic mass is 9.98. The third kappa shape index (κ3) is 7.04. The van der Waals surface area contributed by atoms with Crippen LogP contribution < -0.4 is 16.2 Å². The summed E-state index contributed by atoms with van der Waals surface area (Å²) in [5, 5.41) is 6.93. The zero-order valence-electron chi connectivity index (χ0n) is 24.5. The molecule has 0 aliphatic carbocycles. The number of hydrogen-bond donors (Lipinski definition) is 2. The number of halogens is 2. The molecule has 2 aliphatic rings. The van der Waals surface area contributed by atoms with Gasteiger partial charge in [0.25, 0.3) is 17.4 Å². The Labute approximate surface area is 260 Å². The second kappa shape index (κ2) is 13.5. The quantitative estimate of drug-likeness (QED) is 0.389. The molecule has 3 heterocycles. The molecule has 0 radical (unpaired) electrons. The van der Waals surface area contributed by atoms with Gasteiger partial charge < -0.3 is 20.3 Å². The SMILES string of the molecule is CC(C)Nc1nc2c(c(=O)n1-c1ccc(C(=O)NCCN3CCOCC3)cc1)C[C@@H](C)N(C(=O)c1ccc(Cl)c(Cl)c1)C2. The van der Waals surface area contributed by atoms with Crippen molar-refractivity contribution in [3.05, 3.63) is 85.2 Å². The maximum absolute atomic E-state index is 14.0. The fourth-order valence-electron chi connectivity index (χ4n) is 5.34. The molecular weight excluding hydrogens is 591 g/mol. The van der Waals surface area contributed by atoms with Crippen LogP contribution in [0.15, 0.2) is 47.3 Å². The minimum atomic E-state index is -0.246. The molecule has 0 unspecified atom stereocenters. The monoisotopic (exact) mass is 626 g/mol. The van der Waals surface area contributed by atoms with Crippen molar-refractivity contribution < 1.29 is 14.3 Å². The van der Waals surface area contributed by atoms with Crippen LogP contribution in [0.25, 0.3) is 5.69 Å². The first-order valence-corrected chi connectivity index (χ1v) is 15.2. The maximum atomic E-state index is 14.0. The Bertz CT molecular complexity index is 1550. The number of carbonyl (C=O) groups is 2. The van der Waals surface area contributed by atoms with Gasteiger partial charge in [-0.15, -0.1) is 0 Å². The summed E-state index contributed by atoms with van der Waals surface area (Å²) >= 11 is 12.2. The topological polar surface area (TPSA) is 109 Å². The second-order valence-corrected chi connectivity index (χ2v) is 12.0. The molecule has 2 N–H and O–H groups in total. The van der Waals surface area contributed by atoms with E-state index in [9.17, 15) is 14.4 Å². The molecule has 228 valence electrons. The van der Waals surface area contributed by atoms with Crippen molar-refractivity contribution in [3.63, 3.8) is 0 Å². The number of nitrogens with zero attached hydrogens (tertiary/aromatic N) is 4. The largest absolute Gasteiger partial charge is 0.379 e. The Hall–Kier alpha value is -3.44. The number of ether oxygens (including phenoxy) is 1. The minimum absolute atomic E-state index is 0.0100. The Balaban J connectivity index is 1.37. The summed E-state index contributed by atoms with van der Waals surface area (Å²) in [4.78, 5) is 48.9. The highest BCUT2D eigenvalue weighted by atomic mass is 35.5. The van der Waals surface area contributed by atoms with Gasteiger partial charge in [-0.1, -0.05) is 23.2 Å². The van der Waals surface area contributed by atoms with E-state index in [0.717, 1.165) is 19.6 Å². The lowest BCUT2D eigenvalue weighted by molar-refractivity contribution is 0.0383. The molecule has 2 amide bonds. The van der Waals surface area contributed by atoms with Crippen molar-refractivity contribution in [1.82, 2.24) is 24.7 Å². The van der Waals surface area contributed by atoms with Crippen molar-refractivity contribution in [2.24, 2.45) is 0 Å². The lowest BCUT2D eigenvalue weighted by Gasteiger charge is -2.34. The third-order valence-corrected chi connectivity index (χ3v) is 8.40. The zero-order chi connectivity index (χ0) is 30.7. The number of morpholine rings is 1. The number of amides is 2. The van der Waals surface area contributed by atoms with E-state index in [-0.39, 0.29) is 36.0 Å². The summed E-state index contributed by atoms with van der Waals surface area (Å²) in [6, 6.07) is 11.5. The first kappa shape index (κ1) is 31.0. The van der Waals surface area contributed by atoms with Gasteiger partial charge in [-0.3, -0.25) is 19.3 Å². The normalized spacial score (nSPS) is 17.1. The maximum Gasteiger partial charge on any atom is 0.263 e. The van der Waals surface area contributed by atoms with Gasteiger partial charge in [-0.2, -0.15) is 0 Å². The molecule has 2 aliphatic heterocycles. The third-order valence-electron chi connectivity index (χ3n) is 7.66. The van der Waals surface area contributed by atoms with Gasteiger partial charge in [-0.05, 0) is 69.7 Å². The van der Waals surface area contributed by atoms with E-state index in [1.54, 1.807) is 51.9 Å². The Morgan fingerprint density at radius 2 is 1.74 bits per heavy atom. The van der Waals surface area contributed by atoms with Crippen LogP contribution >= 0.6 is 23.2 Å². The van der Waals surface area contributed by atoms with Crippen LogP contribution in [0.1, 0.15) is 52.7 Å². The van der Waals surface area contributed by atoms with E-state index in [1.165, 1.54) is 0 Å². The molecule has 43 heavy (non-hydrogen) atoms. The number of hydrogen-bond acceptors (Lipinski definition) is 7. The van der Waals surface area contributed by atoms with E-state index in [2.05, 4.69) is 15.5 Å². The van der Waals surface area contributed by atoms with Crippen molar-refractivity contribution in [1.29, 1.82) is 0 Å². The molecule has 5 rings (SSSR count).